The van der Waals surface area contributed by atoms with Crippen LogP contribution < -0.4 is 0 Å². The van der Waals surface area contributed by atoms with Crippen molar-refractivity contribution in [1.82, 2.24) is 9.55 Å². The van der Waals surface area contributed by atoms with Gasteiger partial charge < -0.3 is 4.57 Å². The number of imidazole rings is 1. The second-order valence-electron chi connectivity index (χ2n) is 5.91. The SMILES string of the molecule is Ic1cn(C(c2ccccc2)(c2ccccc2)c2ccccc2)cn1.[Pd]. The molecule has 0 saturated carbocycles. The predicted molar refractivity (Wildman–Crippen MR) is 110 cm³/mol. The predicted octanol–water partition coefficient (Wildman–Crippen LogP) is 5.33. The maximum Gasteiger partial charge on any atom is 0.121 e. The summed E-state index contributed by atoms with van der Waals surface area (Å²) in [6.07, 6.45) is 4.03. The molecule has 1 heterocycles. The Bertz CT molecular complexity index is 856. The number of benzene rings is 3. The van der Waals surface area contributed by atoms with Gasteiger partial charge in [0.1, 0.15) is 9.24 Å². The van der Waals surface area contributed by atoms with Crippen molar-refractivity contribution < 1.29 is 20.4 Å². The Labute approximate surface area is 181 Å². The Hall–Kier alpha value is -1.74. The summed E-state index contributed by atoms with van der Waals surface area (Å²) in [5.41, 5.74) is 3.17. The van der Waals surface area contributed by atoms with Crippen LogP contribution in [0, 0.1) is 3.70 Å². The van der Waals surface area contributed by atoms with Gasteiger partial charge in [0.15, 0.2) is 0 Å². The first-order valence-electron chi connectivity index (χ1n) is 8.18. The van der Waals surface area contributed by atoms with Gasteiger partial charge in [-0.15, -0.1) is 0 Å². The molecule has 0 aliphatic carbocycles. The molecule has 0 saturated heterocycles. The van der Waals surface area contributed by atoms with Crippen molar-refractivity contribution in [3.8, 4) is 0 Å². The Morgan fingerprint density at radius 2 is 1.04 bits per heavy atom. The van der Waals surface area contributed by atoms with E-state index in [1.165, 1.54) is 16.7 Å². The van der Waals surface area contributed by atoms with Gasteiger partial charge in [-0.3, -0.25) is 0 Å². The summed E-state index contributed by atoms with van der Waals surface area (Å²) in [5, 5.41) is 0. The third-order valence-corrected chi connectivity index (χ3v) is 5.07. The molecule has 132 valence electrons. The summed E-state index contributed by atoms with van der Waals surface area (Å²) in [5.74, 6) is 0. The summed E-state index contributed by atoms with van der Waals surface area (Å²) < 4.78 is 3.19. The van der Waals surface area contributed by atoms with Gasteiger partial charge in [0.2, 0.25) is 0 Å². The van der Waals surface area contributed by atoms with Crippen LogP contribution in [0.3, 0.4) is 0 Å². The molecule has 3 aromatic carbocycles. The zero-order chi connectivity index (χ0) is 17.1. The van der Waals surface area contributed by atoms with Gasteiger partial charge in [-0.1, -0.05) is 91.0 Å². The first-order valence-corrected chi connectivity index (χ1v) is 9.26. The fourth-order valence-electron chi connectivity index (χ4n) is 3.47. The molecule has 0 unspecified atom stereocenters. The number of hydrogen-bond acceptors (Lipinski definition) is 1. The fraction of sp³-hybridized carbons (Fsp3) is 0.0455. The Morgan fingerprint density at radius 1 is 0.654 bits per heavy atom. The summed E-state index contributed by atoms with van der Waals surface area (Å²) in [6.45, 7) is 0. The Kier molecular flexibility index (Phi) is 6.08. The minimum absolute atomic E-state index is 0. The molecule has 0 atom stereocenters. The van der Waals surface area contributed by atoms with Gasteiger partial charge in [-0.05, 0) is 39.3 Å². The molecule has 1 aromatic heterocycles. The first-order chi connectivity index (χ1) is 12.3. The van der Waals surface area contributed by atoms with Crippen molar-refractivity contribution >= 4 is 22.6 Å². The quantitative estimate of drug-likeness (QED) is 0.194. The van der Waals surface area contributed by atoms with Crippen molar-refractivity contribution in [3.05, 3.63) is 124 Å². The third kappa shape index (κ3) is 3.30. The molecule has 0 N–H and O–H groups in total. The van der Waals surface area contributed by atoms with Crippen LogP contribution in [-0.4, -0.2) is 9.55 Å². The normalized spacial score (nSPS) is 11.0. The second-order valence-corrected chi connectivity index (χ2v) is 7.02. The molecule has 0 aliphatic heterocycles. The van der Waals surface area contributed by atoms with Crippen LogP contribution in [0.5, 0.6) is 0 Å². The zero-order valence-corrected chi connectivity index (χ0v) is 17.6. The van der Waals surface area contributed by atoms with Crippen LogP contribution in [0.25, 0.3) is 0 Å². The molecule has 0 fully saturated rings. The van der Waals surface area contributed by atoms with Crippen LogP contribution >= 0.6 is 22.6 Å². The Balaban J connectivity index is 0.00000196. The van der Waals surface area contributed by atoms with Gasteiger partial charge in [-0.25, -0.2) is 4.98 Å². The average Bonchev–Trinajstić information content (AvgIpc) is 3.12. The number of aromatic nitrogens is 2. The molecule has 0 radical (unpaired) electrons. The van der Waals surface area contributed by atoms with Crippen LogP contribution in [-0.2, 0) is 26.0 Å². The molecule has 0 spiro atoms. The summed E-state index contributed by atoms with van der Waals surface area (Å²) >= 11 is 2.27. The number of halogens is 1. The topological polar surface area (TPSA) is 17.8 Å². The zero-order valence-electron chi connectivity index (χ0n) is 13.9. The van der Waals surface area contributed by atoms with Gasteiger partial charge >= 0.3 is 0 Å². The molecule has 4 heteroatoms. The van der Waals surface area contributed by atoms with E-state index in [2.05, 4.69) is 129 Å². The van der Waals surface area contributed by atoms with Crippen LogP contribution in [0.4, 0.5) is 0 Å². The molecule has 2 nitrogen and oxygen atoms in total. The summed E-state index contributed by atoms with van der Waals surface area (Å²) in [4.78, 5) is 4.51. The maximum absolute atomic E-state index is 4.51. The molecule has 0 amide bonds. The first kappa shape index (κ1) is 19.0. The third-order valence-electron chi connectivity index (χ3n) is 4.51. The van der Waals surface area contributed by atoms with Gasteiger partial charge in [0.05, 0.1) is 6.33 Å². The second kappa shape index (κ2) is 8.30. The number of rotatable bonds is 4. The van der Waals surface area contributed by atoms with E-state index in [0.717, 1.165) is 3.70 Å². The van der Waals surface area contributed by atoms with E-state index in [9.17, 15) is 0 Å². The molecule has 0 aliphatic rings. The van der Waals surface area contributed by atoms with Crippen LogP contribution in [0.1, 0.15) is 16.7 Å². The molecule has 26 heavy (non-hydrogen) atoms. The smallest absolute Gasteiger partial charge is 0.121 e. The van der Waals surface area contributed by atoms with Crippen molar-refractivity contribution in [1.29, 1.82) is 0 Å². The monoisotopic (exact) mass is 542 g/mol. The van der Waals surface area contributed by atoms with E-state index >= 15 is 0 Å². The van der Waals surface area contributed by atoms with E-state index in [0.29, 0.717) is 0 Å². The van der Waals surface area contributed by atoms with Crippen LogP contribution in [0.2, 0.25) is 0 Å². The Morgan fingerprint density at radius 3 is 1.35 bits per heavy atom. The van der Waals surface area contributed by atoms with Gasteiger partial charge in [-0.2, -0.15) is 0 Å². The van der Waals surface area contributed by atoms with E-state index in [1.807, 2.05) is 6.33 Å². The van der Waals surface area contributed by atoms with Crippen molar-refractivity contribution in [2.45, 2.75) is 5.54 Å². The number of nitrogens with zero attached hydrogens (tertiary/aromatic N) is 2. The van der Waals surface area contributed by atoms with E-state index in [1.54, 1.807) is 0 Å². The van der Waals surface area contributed by atoms with Crippen LogP contribution in [0.15, 0.2) is 104 Å². The standard InChI is InChI=1S/C22H17IN2.Pd/c23-21-16-25(17-24-21)22(18-10-4-1-5-11-18,19-12-6-2-7-13-19)20-14-8-3-9-15-20;/h1-17H;. The molecule has 0 bridgehead atoms. The average molecular weight is 543 g/mol. The molecular weight excluding hydrogens is 526 g/mol. The number of hydrogen-bond donors (Lipinski definition) is 0. The molecule has 4 rings (SSSR count). The minimum atomic E-state index is -0.458. The van der Waals surface area contributed by atoms with E-state index in [-0.39, 0.29) is 20.4 Å². The largest absolute Gasteiger partial charge is 0.318 e. The van der Waals surface area contributed by atoms with Crippen molar-refractivity contribution in [2.24, 2.45) is 0 Å². The summed E-state index contributed by atoms with van der Waals surface area (Å²) in [6, 6.07) is 31.9. The minimum Gasteiger partial charge on any atom is -0.318 e. The maximum atomic E-state index is 4.51. The van der Waals surface area contributed by atoms with Gasteiger partial charge in [0, 0.05) is 26.6 Å². The van der Waals surface area contributed by atoms with Crippen molar-refractivity contribution in [3.63, 3.8) is 0 Å². The van der Waals surface area contributed by atoms with Gasteiger partial charge in [0.25, 0.3) is 0 Å². The van der Waals surface area contributed by atoms with E-state index in [4.69, 9.17) is 0 Å². The fourth-order valence-corrected chi connectivity index (χ4v) is 3.89. The van der Waals surface area contributed by atoms with E-state index < -0.39 is 5.54 Å². The summed E-state index contributed by atoms with van der Waals surface area (Å²) in [7, 11) is 0. The molecular formula is C22H17IN2Pd. The molecule has 4 aromatic rings. The van der Waals surface area contributed by atoms with Crippen molar-refractivity contribution in [2.75, 3.05) is 0 Å².